The zero-order valence-electron chi connectivity index (χ0n) is 21.9. The van der Waals surface area contributed by atoms with E-state index in [0.717, 1.165) is 5.56 Å². The minimum Gasteiger partial charge on any atom is -0.481 e. The number of amides is 3. The first-order chi connectivity index (χ1) is 18.5. The highest BCUT2D eigenvalue weighted by atomic mass is 16.4. The second-order valence-corrected chi connectivity index (χ2v) is 9.66. The molecule has 0 bridgehead atoms. The molecule has 0 aliphatic rings. The van der Waals surface area contributed by atoms with Gasteiger partial charge in [-0.2, -0.15) is 0 Å². The van der Waals surface area contributed by atoms with Crippen LogP contribution in [0.25, 0.3) is 0 Å². The van der Waals surface area contributed by atoms with Gasteiger partial charge in [0.2, 0.25) is 17.7 Å². The number of carboxylic acids is 2. The first kappa shape index (κ1) is 31.0. The lowest BCUT2D eigenvalue weighted by atomic mass is 10.0. The third kappa shape index (κ3) is 10.9. The molecule has 1 aromatic carbocycles. The Morgan fingerprint density at radius 3 is 2.08 bits per heavy atom. The highest BCUT2D eigenvalue weighted by molar-refractivity contribution is 5.94. The number of nitrogens with two attached hydrogens (primary N) is 1. The predicted molar refractivity (Wildman–Crippen MR) is 140 cm³/mol. The van der Waals surface area contributed by atoms with Crippen molar-refractivity contribution in [2.45, 2.75) is 70.1 Å². The van der Waals surface area contributed by atoms with E-state index in [2.05, 4.69) is 25.9 Å². The number of aromatic nitrogens is 2. The SMILES string of the molecule is CC(C)CC(NC(=O)C(Cc1cnc[nH]1)NC(=O)C(CCC(=O)O)NC(=O)C(N)Cc1ccccc1)C(=O)O. The van der Waals surface area contributed by atoms with E-state index in [1.807, 2.05) is 19.9 Å². The molecule has 3 amide bonds. The lowest BCUT2D eigenvalue weighted by Crippen LogP contribution is -2.58. The van der Waals surface area contributed by atoms with E-state index in [1.165, 1.54) is 12.5 Å². The minimum absolute atomic E-state index is 0.0252. The van der Waals surface area contributed by atoms with Gasteiger partial charge in [-0.25, -0.2) is 9.78 Å². The molecule has 212 valence electrons. The van der Waals surface area contributed by atoms with Crippen LogP contribution in [0, 0.1) is 5.92 Å². The molecule has 0 fully saturated rings. The van der Waals surface area contributed by atoms with Gasteiger partial charge in [-0.05, 0) is 30.7 Å². The molecule has 13 nitrogen and oxygen atoms in total. The van der Waals surface area contributed by atoms with Gasteiger partial charge in [0.25, 0.3) is 0 Å². The van der Waals surface area contributed by atoms with Crippen LogP contribution in [-0.2, 0) is 36.8 Å². The Hall–Kier alpha value is -4.26. The van der Waals surface area contributed by atoms with Gasteiger partial charge in [-0.1, -0.05) is 44.2 Å². The third-order valence-electron chi connectivity index (χ3n) is 5.85. The lowest BCUT2D eigenvalue weighted by molar-refractivity contribution is -0.142. The maximum absolute atomic E-state index is 13.2. The Kier molecular flexibility index (Phi) is 12.1. The highest BCUT2D eigenvalue weighted by Gasteiger charge is 2.31. The van der Waals surface area contributed by atoms with Crippen LogP contribution in [0.4, 0.5) is 0 Å². The first-order valence-corrected chi connectivity index (χ1v) is 12.6. The summed E-state index contributed by atoms with van der Waals surface area (Å²) in [5.41, 5.74) is 7.32. The maximum Gasteiger partial charge on any atom is 0.326 e. The largest absolute Gasteiger partial charge is 0.481 e. The number of imidazole rings is 1. The number of aliphatic carboxylic acids is 2. The van der Waals surface area contributed by atoms with Crippen LogP contribution in [0.2, 0.25) is 0 Å². The van der Waals surface area contributed by atoms with E-state index in [0.29, 0.717) is 5.69 Å². The number of nitrogens with zero attached hydrogens (tertiary/aromatic N) is 1. The average Bonchev–Trinajstić information content (AvgIpc) is 3.38. The summed E-state index contributed by atoms with van der Waals surface area (Å²) < 4.78 is 0. The summed E-state index contributed by atoms with van der Waals surface area (Å²) in [6.07, 6.45) is 2.45. The van der Waals surface area contributed by atoms with Gasteiger partial charge in [-0.3, -0.25) is 19.2 Å². The van der Waals surface area contributed by atoms with Crippen molar-refractivity contribution in [3.05, 3.63) is 54.1 Å². The lowest BCUT2D eigenvalue weighted by Gasteiger charge is -2.25. The van der Waals surface area contributed by atoms with E-state index >= 15 is 0 Å². The highest BCUT2D eigenvalue weighted by Crippen LogP contribution is 2.08. The molecular weight excluding hydrogens is 508 g/mol. The number of hydrogen-bond acceptors (Lipinski definition) is 7. The van der Waals surface area contributed by atoms with E-state index in [-0.39, 0.29) is 31.6 Å². The van der Waals surface area contributed by atoms with Crippen molar-refractivity contribution in [3.8, 4) is 0 Å². The molecule has 1 heterocycles. The average molecular weight is 545 g/mol. The molecule has 0 spiro atoms. The normalized spacial score (nSPS) is 14.1. The molecule has 8 N–H and O–H groups in total. The van der Waals surface area contributed by atoms with Crippen LogP contribution in [0.3, 0.4) is 0 Å². The fourth-order valence-electron chi connectivity index (χ4n) is 3.84. The Morgan fingerprint density at radius 2 is 1.51 bits per heavy atom. The van der Waals surface area contributed by atoms with Crippen molar-refractivity contribution in [2.24, 2.45) is 11.7 Å². The number of H-pyrrole nitrogens is 1. The fourth-order valence-corrected chi connectivity index (χ4v) is 3.84. The van der Waals surface area contributed by atoms with E-state index in [9.17, 15) is 29.1 Å². The summed E-state index contributed by atoms with van der Waals surface area (Å²) in [5.74, 6) is -4.66. The molecule has 39 heavy (non-hydrogen) atoms. The van der Waals surface area contributed by atoms with Gasteiger partial charge in [0.15, 0.2) is 0 Å². The van der Waals surface area contributed by atoms with Gasteiger partial charge in [0.1, 0.15) is 18.1 Å². The zero-order valence-corrected chi connectivity index (χ0v) is 21.9. The monoisotopic (exact) mass is 544 g/mol. The Bertz CT molecular complexity index is 1110. The van der Waals surface area contributed by atoms with E-state index < -0.39 is 60.2 Å². The number of benzene rings is 1. The van der Waals surface area contributed by atoms with Crippen LogP contribution in [0.1, 0.15) is 44.4 Å². The molecule has 2 rings (SSSR count). The molecular formula is C26H36N6O7. The quantitative estimate of drug-likeness (QED) is 0.151. The van der Waals surface area contributed by atoms with Gasteiger partial charge in [0.05, 0.1) is 12.4 Å². The Labute approximate surface area is 226 Å². The zero-order chi connectivity index (χ0) is 28.9. The van der Waals surface area contributed by atoms with E-state index in [1.54, 1.807) is 24.3 Å². The van der Waals surface area contributed by atoms with Crippen molar-refractivity contribution in [3.63, 3.8) is 0 Å². The summed E-state index contributed by atoms with van der Waals surface area (Å²) in [6.45, 7) is 3.62. The second-order valence-electron chi connectivity index (χ2n) is 9.66. The second kappa shape index (κ2) is 15.2. The molecule has 0 saturated heterocycles. The smallest absolute Gasteiger partial charge is 0.326 e. The number of aromatic amines is 1. The number of carboxylic acid groups (broad SMARTS) is 2. The molecule has 13 heteroatoms. The standard InChI is InChI=1S/C26H36N6O7/c1-15(2)10-21(26(38)39)32-25(37)20(12-17-13-28-14-29-17)31-24(36)19(8-9-22(33)34)30-23(35)18(27)11-16-6-4-3-5-7-16/h3-7,13-15,18-21H,8-12,27H2,1-2H3,(H,28,29)(H,30,35)(H,31,36)(H,32,37)(H,33,34)(H,38,39). The number of carbonyl (C=O) groups is 5. The number of carbonyl (C=O) groups excluding carboxylic acids is 3. The van der Waals surface area contributed by atoms with Crippen molar-refractivity contribution in [1.82, 2.24) is 25.9 Å². The molecule has 0 saturated carbocycles. The Morgan fingerprint density at radius 1 is 0.897 bits per heavy atom. The van der Waals surface area contributed by atoms with Gasteiger partial charge < -0.3 is 36.9 Å². The van der Waals surface area contributed by atoms with Crippen LogP contribution in [0.5, 0.6) is 0 Å². The van der Waals surface area contributed by atoms with Gasteiger partial charge in [-0.15, -0.1) is 0 Å². The molecule has 0 radical (unpaired) electrons. The van der Waals surface area contributed by atoms with E-state index in [4.69, 9.17) is 10.8 Å². The van der Waals surface area contributed by atoms with Gasteiger partial charge in [0, 0.05) is 24.7 Å². The van der Waals surface area contributed by atoms with Crippen LogP contribution in [0.15, 0.2) is 42.9 Å². The summed E-state index contributed by atoms with van der Waals surface area (Å²) in [6, 6.07) is 4.26. The van der Waals surface area contributed by atoms with Crippen LogP contribution >= 0.6 is 0 Å². The number of nitrogens with one attached hydrogen (secondary N) is 4. The van der Waals surface area contributed by atoms with Crippen LogP contribution in [-0.4, -0.2) is 74.0 Å². The topological polar surface area (TPSA) is 217 Å². The van der Waals surface area contributed by atoms with Crippen molar-refractivity contribution in [1.29, 1.82) is 0 Å². The molecule has 0 aliphatic heterocycles. The molecule has 1 aromatic heterocycles. The summed E-state index contributed by atoms with van der Waals surface area (Å²) in [7, 11) is 0. The molecule has 4 atom stereocenters. The van der Waals surface area contributed by atoms with Gasteiger partial charge >= 0.3 is 11.9 Å². The van der Waals surface area contributed by atoms with Crippen molar-refractivity contribution >= 4 is 29.7 Å². The molecule has 0 aliphatic carbocycles. The third-order valence-corrected chi connectivity index (χ3v) is 5.85. The minimum atomic E-state index is -1.31. The first-order valence-electron chi connectivity index (χ1n) is 12.6. The Balaban J connectivity index is 2.18. The van der Waals surface area contributed by atoms with Crippen LogP contribution < -0.4 is 21.7 Å². The maximum atomic E-state index is 13.2. The predicted octanol–water partition coefficient (Wildman–Crippen LogP) is -0.0279. The molecule has 2 aromatic rings. The summed E-state index contributed by atoms with van der Waals surface area (Å²) >= 11 is 0. The molecule has 4 unspecified atom stereocenters. The summed E-state index contributed by atoms with van der Waals surface area (Å²) in [4.78, 5) is 68.7. The summed E-state index contributed by atoms with van der Waals surface area (Å²) in [5, 5.41) is 26.1. The van der Waals surface area contributed by atoms with Crippen molar-refractivity contribution < 1.29 is 34.2 Å². The fraction of sp³-hybridized carbons (Fsp3) is 0.462. The van der Waals surface area contributed by atoms with Crippen molar-refractivity contribution in [2.75, 3.05) is 0 Å². The number of rotatable bonds is 16. The number of hydrogen-bond donors (Lipinski definition) is 7.